The molecule has 2 aromatic carbocycles. The average molecular weight is 453 g/mol. The van der Waals surface area contributed by atoms with E-state index < -0.39 is 0 Å². The molecule has 29 heavy (non-hydrogen) atoms. The standard InChI is InChI=1S/C22H18BrFN4O/c23-16-5-8-19-18(14-16)25-21(20-2-1-9-28(19)20)26-10-12-27(13-11-26)22(29)15-3-6-17(24)7-4-15/h1-9,14H,10-13H2. The van der Waals surface area contributed by atoms with Gasteiger partial charge in [0.15, 0.2) is 5.82 Å². The minimum absolute atomic E-state index is 0.0621. The molecule has 5 nitrogen and oxygen atoms in total. The van der Waals surface area contributed by atoms with E-state index in [0.717, 1.165) is 26.8 Å². The maximum atomic E-state index is 13.1. The Labute approximate surface area is 175 Å². The van der Waals surface area contributed by atoms with Crippen LogP contribution in [0.15, 0.2) is 65.3 Å². The van der Waals surface area contributed by atoms with Gasteiger partial charge in [0, 0.05) is 42.4 Å². The second-order valence-corrected chi connectivity index (χ2v) is 8.03. The van der Waals surface area contributed by atoms with Crippen LogP contribution in [-0.4, -0.2) is 46.4 Å². The number of halogens is 2. The van der Waals surface area contributed by atoms with Crippen LogP contribution in [0.3, 0.4) is 0 Å². The number of nitrogens with zero attached hydrogens (tertiary/aromatic N) is 4. The molecule has 0 saturated carbocycles. The Kier molecular flexibility index (Phi) is 4.47. The van der Waals surface area contributed by atoms with Crippen LogP contribution in [-0.2, 0) is 0 Å². The van der Waals surface area contributed by atoms with Gasteiger partial charge in [-0.05, 0) is 54.6 Å². The topological polar surface area (TPSA) is 40.9 Å². The van der Waals surface area contributed by atoms with E-state index in [1.807, 2.05) is 29.3 Å². The molecule has 7 heteroatoms. The first-order valence-electron chi connectivity index (χ1n) is 9.46. The number of fused-ring (bicyclic) bond motifs is 3. The Morgan fingerprint density at radius 1 is 0.966 bits per heavy atom. The summed E-state index contributed by atoms with van der Waals surface area (Å²) < 4.78 is 16.3. The SMILES string of the molecule is O=C(c1ccc(F)cc1)N1CCN(c2nc3cc(Br)ccc3n3cccc23)CC1. The number of piperazine rings is 1. The summed E-state index contributed by atoms with van der Waals surface area (Å²) in [6, 6.07) is 15.9. The number of benzene rings is 2. The minimum atomic E-state index is -0.336. The molecule has 146 valence electrons. The third-order valence-corrected chi connectivity index (χ3v) is 5.85. The van der Waals surface area contributed by atoms with E-state index in [2.05, 4.69) is 37.4 Å². The summed E-state index contributed by atoms with van der Waals surface area (Å²) in [4.78, 5) is 21.7. The molecule has 1 aliphatic rings. The summed E-state index contributed by atoms with van der Waals surface area (Å²) in [5.74, 6) is 0.527. The molecule has 0 aliphatic carbocycles. The number of rotatable bonds is 2. The fourth-order valence-electron chi connectivity index (χ4n) is 3.86. The van der Waals surface area contributed by atoms with Gasteiger partial charge in [-0.15, -0.1) is 0 Å². The second-order valence-electron chi connectivity index (χ2n) is 7.12. The molecule has 0 N–H and O–H groups in total. The van der Waals surface area contributed by atoms with Gasteiger partial charge in [0.05, 0.1) is 16.6 Å². The molecule has 0 bridgehead atoms. The summed E-state index contributed by atoms with van der Waals surface area (Å²) in [5.41, 5.74) is 3.55. The molecule has 4 aromatic rings. The molecule has 1 fully saturated rings. The van der Waals surface area contributed by atoms with E-state index >= 15 is 0 Å². The summed E-state index contributed by atoms with van der Waals surface area (Å²) in [6.07, 6.45) is 2.05. The Bertz CT molecular complexity index is 1210. The first kappa shape index (κ1) is 18.1. The first-order chi connectivity index (χ1) is 14.1. The van der Waals surface area contributed by atoms with E-state index in [0.29, 0.717) is 31.7 Å². The lowest BCUT2D eigenvalue weighted by atomic mass is 10.1. The average Bonchev–Trinajstić information content (AvgIpc) is 3.23. The Morgan fingerprint density at radius 2 is 1.72 bits per heavy atom. The fourth-order valence-corrected chi connectivity index (χ4v) is 4.21. The number of carbonyl (C=O) groups is 1. The molecule has 0 spiro atoms. The number of anilines is 1. The van der Waals surface area contributed by atoms with E-state index in [1.54, 1.807) is 0 Å². The number of aromatic nitrogens is 2. The molecule has 1 amide bonds. The summed E-state index contributed by atoms with van der Waals surface area (Å²) in [6.45, 7) is 2.59. The second kappa shape index (κ2) is 7.15. The van der Waals surface area contributed by atoms with Crippen LogP contribution in [0.5, 0.6) is 0 Å². The van der Waals surface area contributed by atoms with Crippen LogP contribution in [0.2, 0.25) is 0 Å². The summed E-state index contributed by atoms with van der Waals surface area (Å²) in [7, 11) is 0. The van der Waals surface area contributed by atoms with Crippen molar-refractivity contribution in [3.05, 3.63) is 76.6 Å². The summed E-state index contributed by atoms with van der Waals surface area (Å²) in [5, 5.41) is 0. The van der Waals surface area contributed by atoms with Gasteiger partial charge in [-0.3, -0.25) is 4.79 Å². The lowest BCUT2D eigenvalue weighted by Gasteiger charge is -2.36. The highest BCUT2D eigenvalue weighted by atomic mass is 79.9. The van der Waals surface area contributed by atoms with Crippen molar-refractivity contribution in [3.63, 3.8) is 0 Å². The number of amides is 1. The Morgan fingerprint density at radius 3 is 2.48 bits per heavy atom. The van der Waals surface area contributed by atoms with Crippen molar-refractivity contribution in [2.45, 2.75) is 0 Å². The zero-order chi connectivity index (χ0) is 20.0. The molecular formula is C22H18BrFN4O. The number of hydrogen-bond donors (Lipinski definition) is 0. The van der Waals surface area contributed by atoms with Crippen molar-refractivity contribution in [3.8, 4) is 0 Å². The third-order valence-electron chi connectivity index (χ3n) is 5.36. The van der Waals surface area contributed by atoms with Gasteiger partial charge in [0.25, 0.3) is 5.91 Å². The highest BCUT2D eigenvalue weighted by Gasteiger charge is 2.24. The van der Waals surface area contributed by atoms with Crippen molar-refractivity contribution in [2.75, 3.05) is 31.1 Å². The normalized spacial score (nSPS) is 14.7. The van der Waals surface area contributed by atoms with Crippen LogP contribution < -0.4 is 4.90 Å². The molecule has 1 saturated heterocycles. The van der Waals surface area contributed by atoms with Gasteiger partial charge in [-0.2, -0.15) is 0 Å². The van der Waals surface area contributed by atoms with Crippen molar-refractivity contribution in [1.29, 1.82) is 0 Å². The quantitative estimate of drug-likeness (QED) is 0.453. The predicted molar refractivity (Wildman–Crippen MR) is 115 cm³/mol. The van der Waals surface area contributed by atoms with Gasteiger partial charge in [0.2, 0.25) is 0 Å². The van der Waals surface area contributed by atoms with Gasteiger partial charge < -0.3 is 14.2 Å². The fraction of sp³-hybridized carbons (Fsp3) is 0.182. The minimum Gasteiger partial charge on any atom is -0.351 e. The largest absolute Gasteiger partial charge is 0.351 e. The van der Waals surface area contributed by atoms with Crippen LogP contribution in [0.25, 0.3) is 16.6 Å². The highest BCUT2D eigenvalue weighted by Crippen LogP contribution is 2.28. The van der Waals surface area contributed by atoms with E-state index in [1.165, 1.54) is 24.3 Å². The zero-order valence-electron chi connectivity index (χ0n) is 15.6. The van der Waals surface area contributed by atoms with E-state index in [9.17, 15) is 9.18 Å². The lowest BCUT2D eigenvalue weighted by molar-refractivity contribution is 0.0746. The molecule has 0 radical (unpaired) electrons. The molecule has 0 atom stereocenters. The highest BCUT2D eigenvalue weighted by molar-refractivity contribution is 9.10. The Balaban J connectivity index is 1.41. The van der Waals surface area contributed by atoms with Crippen molar-refractivity contribution in [2.24, 2.45) is 0 Å². The van der Waals surface area contributed by atoms with Crippen LogP contribution in [0, 0.1) is 5.82 Å². The maximum absolute atomic E-state index is 13.1. The molecule has 5 rings (SSSR count). The molecule has 0 unspecified atom stereocenters. The first-order valence-corrected chi connectivity index (χ1v) is 10.3. The predicted octanol–water partition coefficient (Wildman–Crippen LogP) is 4.35. The monoisotopic (exact) mass is 452 g/mol. The lowest BCUT2D eigenvalue weighted by Crippen LogP contribution is -2.49. The van der Waals surface area contributed by atoms with Gasteiger partial charge in [0.1, 0.15) is 5.82 Å². The molecular weight excluding hydrogens is 435 g/mol. The van der Waals surface area contributed by atoms with Crippen LogP contribution >= 0.6 is 15.9 Å². The van der Waals surface area contributed by atoms with E-state index in [-0.39, 0.29) is 11.7 Å². The maximum Gasteiger partial charge on any atom is 0.253 e. The van der Waals surface area contributed by atoms with Crippen molar-refractivity contribution < 1.29 is 9.18 Å². The molecule has 2 aromatic heterocycles. The smallest absolute Gasteiger partial charge is 0.253 e. The summed E-state index contributed by atoms with van der Waals surface area (Å²) >= 11 is 3.53. The zero-order valence-corrected chi connectivity index (χ0v) is 17.1. The number of carbonyl (C=O) groups excluding carboxylic acids is 1. The van der Waals surface area contributed by atoms with Crippen molar-refractivity contribution in [1.82, 2.24) is 14.3 Å². The third kappa shape index (κ3) is 3.25. The molecule has 1 aliphatic heterocycles. The van der Waals surface area contributed by atoms with E-state index in [4.69, 9.17) is 4.98 Å². The van der Waals surface area contributed by atoms with Crippen molar-refractivity contribution >= 4 is 44.2 Å². The number of hydrogen-bond acceptors (Lipinski definition) is 3. The Hall–Kier alpha value is -2.93. The van der Waals surface area contributed by atoms with Gasteiger partial charge >= 0.3 is 0 Å². The van der Waals surface area contributed by atoms with Crippen LogP contribution in [0.4, 0.5) is 10.2 Å². The molecule has 3 heterocycles. The van der Waals surface area contributed by atoms with Gasteiger partial charge in [-0.1, -0.05) is 15.9 Å². The van der Waals surface area contributed by atoms with Gasteiger partial charge in [-0.25, -0.2) is 9.37 Å². The van der Waals surface area contributed by atoms with Crippen LogP contribution in [0.1, 0.15) is 10.4 Å².